The van der Waals surface area contributed by atoms with E-state index in [1.165, 1.54) is 42.5 Å². The summed E-state index contributed by atoms with van der Waals surface area (Å²) in [7, 11) is 1.38. The van der Waals surface area contributed by atoms with Crippen LogP contribution in [0.5, 0.6) is 0 Å². The van der Waals surface area contributed by atoms with Crippen molar-refractivity contribution in [2.24, 2.45) is 11.3 Å². The first-order chi connectivity index (χ1) is 10.9. The Morgan fingerprint density at radius 2 is 2.26 bits per heavy atom. The van der Waals surface area contributed by atoms with Crippen LogP contribution in [-0.4, -0.2) is 18.1 Å². The number of hydrogen-bond acceptors (Lipinski definition) is 5. The number of anilines is 1. The first kappa shape index (κ1) is 16.2. The molecule has 124 valence electrons. The highest BCUT2D eigenvalue weighted by Crippen LogP contribution is 2.41. The van der Waals surface area contributed by atoms with Crippen molar-refractivity contribution in [3.63, 3.8) is 0 Å². The average Bonchev–Trinajstić information content (AvgIpc) is 2.87. The molecule has 0 unspecified atom stereocenters. The second-order valence-corrected chi connectivity index (χ2v) is 8.06. The van der Waals surface area contributed by atoms with Crippen LogP contribution in [0.1, 0.15) is 54.5 Å². The molecule has 2 N–H and O–H groups in total. The summed E-state index contributed by atoms with van der Waals surface area (Å²) in [4.78, 5) is 17.9. The normalized spacial score (nSPS) is 18.0. The fourth-order valence-electron chi connectivity index (χ4n) is 3.39. The number of thiophene rings is 1. The molecule has 5 heteroatoms. The van der Waals surface area contributed by atoms with Gasteiger partial charge in [0.15, 0.2) is 0 Å². The third kappa shape index (κ3) is 2.71. The van der Waals surface area contributed by atoms with Gasteiger partial charge >= 0.3 is 5.97 Å². The molecule has 1 aliphatic rings. The van der Waals surface area contributed by atoms with Crippen LogP contribution in [-0.2, 0) is 17.6 Å². The molecule has 23 heavy (non-hydrogen) atoms. The minimum atomic E-state index is -0.381. The maximum atomic E-state index is 11.8. The molecule has 0 fully saturated rings. The van der Waals surface area contributed by atoms with Gasteiger partial charge in [-0.3, -0.25) is 0 Å². The van der Waals surface area contributed by atoms with Gasteiger partial charge < -0.3 is 10.5 Å². The molecule has 0 bridgehead atoms. The van der Waals surface area contributed by atoms with Crippen molar-refractivity contribution < 1.29 is 9.53 Å². The van der Waals surface area contributed by atoms with Gasteiger partial charge in [-0.1, -0.05) is 27.2 Å². The van der Waals surface area contributed by atoms with Gasteiger partial charge in [0.1, 0.15) is 9.71 Å². The third-order valence-corrected chi connectivity index (χ3v) is 6.57. The second-order valence-electron chi connectivity index (χ2n) is 7.07. The van der Waals surface area contributed by atoms with E-state index < -0.39 is 0 Å². The first-order valence-corrected chi connectivity index (χ1v) is 8.98. The molecule has 0 aliphatic heterocycles. The van der Waals surface area contributed by atoms with E-state index in [9.17, 15) is 4.79 Å². The minimum Gasteiger partial charge on any atom is -0.465 e. The van der Waals surface area contributed by atoms with E-state index in [2.05, 4.69) is 26.8 Å². The summed E-state index contributed by atoms with van der Waals surface area (Å²) in [5.41, 5.74) is 9.46. The Morgan fingerprint density at radius 3 is 2.91 bits per heavy atom. The third-order valence-electron chi connectivity index (χ3n) is 5.47. The molecule has 4 nitrogen and oxygen atoms in total. The molecule has 0 spiro atoms. The number of aromatic nitrogens is 1. The quantitative estimate of drug-likeness (QED) is 0.855. The van der Waals surface area contributed by atoms with Gasteiger partial charge in [-0.25, -0.2) is 9.78 Å². The van der Waals surface area contributed by atoms with Crippen molar-refractivity contribution in [3.8, 4) is 0 Å². The highest BCUT2D eigenvalue weighted by molar-refractivity contribution is 7.21. The molecule has 0 saturated carbocycles. The van der Waals surface area contributed by atoms with Gasteiger partial charge in [0.2, 0.25) is 0 Å². The second kappa shape index (κ2) is 5.78. The number of hydrogen-bond donors (Lipinski definition) is 1. The molecule has 1 aliphatic carbocycles. The average molecular weight is 332 g/mol. The molecular formula is C18H24N2O2S. The number of methoxy groups -OCH3 is 1. The molecule has 1 atom stereocenters. The first-order valence-electron chi connectivity index (χ1n) is 8.16. The molecule has 0 radical (unpaired) electrons. The smallest absolute Gasteiger partial charge is 0.350 e. The van der Waals surface area contributed by atoms with Gasteiger partial charge in [-0.2, -0.15) is 0 Å². The van der Waals surface area contributed by atoms with Crippen LogP contribution in [0.2, 0.25) is 0 Å². The Hall–Kier alpha value is -1.62. The van der Waals surface area contributed by atoms with Crippen molar-refractivity contribution >= 4 is 33.2 Å². The number of nitrogens with zero attached hydrogens (tertiary/aromatic N) is 1. The zero-order valence-electron chi connectivity index (χ0n) is 14.2. The fourth-order valence-corrected chi connectivity index (χ4v) is 4.40. The lowest BCUT2D eigenvalue weighted by Gasteiger charge is -2.36. The Morgan fingerprint density at radius 1 is 1.52 bits per heavy atom. The largest absolute Gasteiger partial charge is 0.465 e. The van der Waals surface area contributed by atoms with Crippen LogP contribution in [0.25, 0.3) is 10.2 Å². The zero-order chi connectivity index (χ0) is 16.8. The summed E-state index contributed by atoms with van der Waals surface area (Å²) in [6.07, 6.45) is 4.40. The molecule has 0 saturated heterocycles. The highest BCUT2D eigenvalue weighted by Gasteiger charge is 2.32. The van der Waals surface area contributed by atoms with Crippen LogP contribution in [0.15, 0.2) is 6.07 Å². The summed E-state index contributed by atoms with van der Waals surface area (Å²) >= 11 is 1.33. The minimum absolute atomic E-state index is 0.337. The molecule has 3 rings (SSSR count). The number of aryl methyl sites for hydroxylation is 1. The van der Waals surface area contributed by atoms with E-state index in [1.54, 1.807) is 0 Å². The summed E-state index contributed by atoms with van der Waals surface area (Å²) in [6.45, 7) is 6.96. The number of rotatable bonds is 3. The maximum absolute atomic E-state index is 11.8. The SMILES string of the molecule is CCC(C)(C)[C@H]1CCc2nc3sc(C(=O)OC)c(N)c3cc2C1. The Labute approximate surface area is 141 Å². The van der Waals surface area contributed by atoms with Gasteiger partial charge in [0, 0.05) is 11.1 Å². The summed E-state index contributed by atoms with van der Waals surface area (Å²) in [6, 6.07) is 2.15. The standard InChI is InChI=1S/C18H24N2O2S/c1-5-18(2,3)11-6-7-13-10(8-11)9-12-14(19)15(17(21)22-4)23-16(12)20-13/h9,11H,5-8,19H2,1-4H3/t11-/m0/s1. The van der Waals surface area contributed by atoms with Gasteiger partial charge in [-0.05, 0) is 42.2 Å². The van der Waals surface area contributed by atoms with Crippen LogP contribution in [0.3, 0.4) is 0 Å². The topological polar surface area (TPSA) is 65.2 Å². The molecular weight excluding hydrogens is 308 g/mol. The summed E-state index contributed by atoms with van der Waals surface area (Å²) in [5.74, 6) is 0.285. The van der Waals surface area contributed by atoms with Crippen LogP contribution in [0, 0.1) is 11.3 Å². The Kier molecular flexibility index (Phi) is 4.08. The number of pyridine rings is 1. The lowest BCUT2D eigenvalue weighted by Crippen LogP contribution is -2.29. The number of esters is 1. The van der Waals surface area contributed by atoms with E-state index in [0.717, 1.165) is 23.1 Å². The Balaban J connectivity index is 2.03. The van der Waals surface area contributed by atoms with Crippen LogP contribution >= 0.6 is 11.3 Å². The number of nitrogen functional groups attached to an aromatic ring is 1. The summed E-state index contributed by atoms with van der Waals surface area (Å²) in [5, 5.41) is 0.893. The zero-order valence-corrected chi connectivity index (χ0v) is 15.0. The van der Waals surface area contributed by atoms with E-state index in [4.69, 9.17) is 15.5 Å². The predicted octanol–water partition coefficient (Wildman–Crippen LogP) is 4.21. The van der Waals surface area contributed by atoms with Crippen LogP contribution in [0.4, 0.5) is 5.69 Å². The lowest BCUT2D eigenvalue weighted by molar-refractivity contribution is 0.0607. The number of ether oxygens (including phenoxy) is 1. The van der Waals surface area contributed by atoms with Crippen molar-refractivity contribution in [3.05, 3.63) is 22.2 Å². The number of fused-ring (bicyclic) bond motifs is 2. The van der Waals surface area contributed by atoms with Gasteiger partial charge in [0.25, 0.3) is 0 Å². The Bertz CT molecular complexity index is 764. The van der Waals surface area contributed by atoms with E-state index >= 15 is 0 Å². The van der Waals surface area contributed by atoms with E-state index in [0.29, 0.717) is 21.9 Å². The fraction of sp³-hybridized carbons (Fsp3) is 0.556. The van der Waals surface area contributed by atoms with Gasteiger partial charge in [-0.15, -0.1) is 11.3 Å². The molecule has 2 aromatic rings. The van der Waals surface area contributed by atoms with Crippen LogP contribution < -0.4 is 5.73 Å². The summed E-state index contributed by atoms with van der Waals surface area (Å²) < 4.78 is 4.81. The molecule has 0 amide bonds. The van der Waals surface area contributed by atoms with Gasteiger partial charge in [0.05, 0.1) is 12.8 Å². The number of carbonyl (C=O) groups excluding carboxylic acids is 1. The predicted molar refractivity (Wildman–Crippen MR) is 95.0 cm³/mol. The van der Waals surface area contributed by atoms with Crippen molar-refractivity contribution in [1.29, 1.82) is 0 Å². The van der Waals surface area contributed by atoms with E-state index in [1.807, 2.05) is 0 Å². The molecule has 0 aromatic carbocycles. The monoisotopic (exact) mass is 332 g/mol. The lowest BCUT2D eigenvalue weighted by atomic mass is 9.69. The number of carbonyl (C=O) groups is 1. The highest BCUT2D eigenvalue weighted by atomic mass is 32.1. The van der Waals surface area contributed by atoms with Crippen molar-refractivity contribution in [2.75, 3.05) is 12.8 Å². The maximum Gasteiger partial charge on any atom is 0.350 e. The molecule has 2 aromatic heterocycles. The number of nitrogens with two attached hydrogens (primary N) is 1. The van der Waals surface area contributed by atoms with E-state index in [-0.39, 0.29) is 5.97 Å². The molecule has 2 heterocycles. The van der Waals surface area contributed by atoms with Crippen molar-refractivity contribution in [2.45, 2.75) is 46.5 Å². The van der Waals surface area contributed by atoms with Crippen molar-refractivity contribution in [1.82, 2.24) is 4.98 Å².